The van der Waals surface area contributed by atoms with E-state index in [-0.39, 0.29) is 23.7 Å². The second-order valence-electron chi connectivity index (χ2n) is 49.8. The van der Waals surface area contributed by atoms with Crippen molar-refractivity contribution < 1.29 is 32.4 Å². The molecule has 1 saturated heterocycles. The highest BCUT2D eigenvalue weighted by molar-refractivity contribution is 7.09. The topological polar surface area (TPSA) is 205 Å². The average molecular weight is 1830 g/mol. The molecule has 6 heterocycles. The van der Waals surface area contributed by atoms with Crippen LogP contribution in [0, 0.1) is 97.1 Å². The van der Waals surface area contributed by atoms with Crippen LogP contribution in [0.1, 0.15) is 426 Å². The van der Waals surface area contributed by atoms with Gasteiger partial charge in [0.2, 0.25) is 23.6 Å². The highest BCUT2D eigenvalue weighted by Crippen LogP contribution is 2.40. The first-order valence-electron chi connectivity index (χ1n) is 48.8. The molecule has 131 heavy (non-hydrogen) atoms. The normalized spacial score (nSPS) is 14.9. The summed E-state index contributed by atoms with van der Waals surface area (Å²) in [5.74, 6) is 10.7. The van der Waals surface area contributed by atoms with E-state index in [2.05, 4.69) is 364 Å². The van der Waals surface area contributed by atoms with Crippen molar-refractivity contribution in [3.05, 3.63) is 182 Å². The van der Waals surface area contributed by atoms with Crippen LogP contribution in [-0.4, -0.2) is 73.2 Å². The quantitative estimate of drug-likeness (QED) is 0.0690. The number of benzene rings is 3. The fourth-order valence-electron chi connectivity index (χ4n) is 14.1. The fourth-order valence-corrected chi connectivity index (χ4v) is 15.1. The predicted molar refractivity (Wildman–Crippen MR) is 555 cm³/mol. The second-order valence-corrected chi connectivity index (χ2v) is 50.9. The largest absolute Gasteiger partial charge is 0.497 e. The molecule has 16 nitrogen and oxygen atoms in total. The van der Waals surface area contributed by atoms with Crippen molar-refractivity contribution in [2.45, 2.75) is 417 Å². The Morgan fingerprint density at radius 2 is 1.00 bits per heavy atom. The van der Waals surface area contributed by atoms with E-state index < -0.39 is 0 Å². The number of para-hydroxylation sites is 1. The molecule has 5 aromatic heterocycles. The van der Waals surface area contributed by atoms with Gasteiger partial charge in [0.25, 0.3) is 0 Å². The number of carbonyl (C=O) groups excluding carboxylic acids is 1. The van der Waals surface area contributed by atoms with Crippen LogP contribution < -0.4 is 9.47 Å². The van der Waals surface area contributed by atoms with Gasteiger partial charge in [0.05, 0.1) is 25.0 Å². The third-order valence-electron chi connectivity index (χ3n) is 21.9. The zero-order valence-corrected chi connectivity index (χ0v) is 90.9. The van der Waals surface area contributed by atoms with Crippen molar-refractivity contribution >= 4 is 17.2 Å². The molecule has 740 valence electrons. The molecule has 2 unspecified atom stereocenters. The number of nitriles is 1. The third kappa shape index (κ3) is 58.3. The van der Waals surface area contributed by atoms with Gasteiger partial charge in [-0.05, 0) is 216 Å². The molecule has 0 spiro atoms. The number of hydrogen-bond acceptors (Lipinski definition) is 16. The number of amides is 1. The zero-order valence-electron chi connectivity index (χ0n) is 90.1. The second kappa shape index (κ2) is 56.0. The first-order valence-corrected chi connectivity index (χ1v) is 49.7. The summed E-state index contributed by atoms with van der Waals surface area (Å²) in [4.78, 5) is 28.6. The maximum atomic E-state index is 12.0. The van der Waals surface area contributed by atoms with Gasteiger partial charge in [0.15, 0.2) is 17.5 Å². The third-order valence-corrected chi connectivity index (χ3v) is 22.8. The summed E-state index contributed by atoms with van der Waals surface area (Å²) in [7, 11) is 1.69. The van der Waals surface area contributed by atoms with E-state index in [1.165, 1.54) is 79.4 Å². The number of allylic oxidation sites excluding steroid dienone is 2. The zero-order chi connectivity index (χ0) is 99.1. The number of likely N-dealkylation sites (tertiary alicyclic amines) is 1. The lowest BCUT2D eigenvalue weighted by Gasteiger charge is -2.26. The Morgan fingerprint density at radius 3 is 1.39 bits per heavy atom. The van der Waals surface area contributed by atoms with Crippen molar-refractivity contribution in [3.63, 3.8) is 0 Å². The summed E-state index contributed by atoms with van der Waals surface area (Å²) in [6.07, 6.45) is 26.8. The highest BCUT2D eigenvalue weighted by Gasteiger charge is 2.37. The Kier molecular flexibility index (Phi) is 51.8. The molecule has 8 aromatic rings. The van der Waals surface area contributed by atoms with Crippen LogP contribution in [0.15, 0.2) is 127 Å². The van der Waals surface area contributed by atoms with Crippen molar-refractivity contribution in [2.24, 2.45) is 71.9 Å². The van der Waals surface area contributed by atoms with Gasteiger partial charge in [-0.1, -0.05) is 370 Å². The summed E-state index contributed by atoms with van der Waals surface area (Å²) in [6.45, 7) is 88.2. The molecule has 0 radical (unpaired) electrons. The van der Waals surface area contributed by atoms with Crippen LogP contribution >= 0.6 is 11.3 Å². The fraction of sp³-hybridized carbons (Fsp3) is 0.693. The summed E-state index contributed by atoms with van der Waals surface area (Å²) in [5.41, 5.74) is 9.11. The molecular weight excluding hydrogens is 1640 g/mol. The van der Waals surface area contributed by atoms with Crippen molar-refractivity contribution in [1.29, 1.82) is 5.26 Å². The predicted octanol–water partition coefficient (Wildman–Crippen LogP) is 32.9. The standard InChI is InChI=1S/C16H23NO.2C12H22N2O.C12H15NO.C12H18O.C11H20N2O.C10H17NO.C10H18.C9H14S.C9H18.CH4/c1-16(2,3)14-11-15(18)17(12-14)10-9-13-7-5-4-6-8-13;1-11(2,3)8-7-9-13-10(14-15-9)12(4,5)6;1-9(2)11-13-10(15-14-11)7-6-8-12(3,4)5;1-12(2,3)9-14-11-7-5-4-6-10(11)8-13;1-12(2,3)9-10-5-7-11(13-4)8-6-10;1-8(2)10-12-9(14-13-10)6-7-11(3,4)5;1-7-9(6-10(3,4)5)8(2)12-11-7;1-10(2,3)8-9-6-4-5-7-9;1-9(2,3)7-8-5-4-6-10-8;1-9(2,3)8-6-4-5-7-8;/h4-8,14H,9-12H2,1-3H3;7-8H2,1-6H3;9H,6-8H2,1-5H3;4-7H,9H2,1-3H3;5-8H,9H2,1-4H3;8H,6-7H2,1-5H3;6H2,1-5H3;4,6,9H,5,7-8H2,1-3H3;4-6H,7H2,1-3H3;8H,4-7H2,1-3H3;1H4. The minimum absolute atomic E-state index is 0. The summed E-state index contributed by atoms with van der Waals surface area (Å²) < 4.78 is 31.3. The number of ether oxygens (including phenoxy) is 2. The molecule has 0 bridgehead atoms. The first-order chi connectivity index (χ1) is 59.6. The lowest BCUT2D eigenvalue weighted by atomic mass is 9.80. The van der Waals surface area contributed by atoms with Gasteiger partial charge >= 0.3 is 0 Å². The number of aryl methyl sites for hydroxylation is 5. The molecule has 2 atom stereocenters. The highest BCUT2D eigenvalue weighted by atomic mass is 32.1. The minimum Gasteiger partial charge on any atom is -0.497 e. The SMILES string of the molecule is C.CC(C)(C)C1CC(=O)N(CCc2ccccc2)C1.CC(C)(C)C1CCCC1.CC(C)(C)CC1C=CCC1.CC(C)(C)CCc1nc(C(C)(C)C)no1.CC(C)(C)COc1ccccc1C#N.CC(C)(C)Cc1cccs1.CC(C)c1noc(CCC(C)(C)C)n1.CC(C)c1noc(CCCC(C)(C)C)n1.COc1ccc(CC(C)(C)C)cc1.Cc1noc(C)c1CC(C)(C)C. The molecule has 3 aliphatic rings. The number of aromatic nitrogens is 7. The van der Waals surface area contributed by atoms with Crippen molar-refractivity contribution in [3.8, 4) is 17.6 Å². The van der Waals surface area contributed by atoms with E-state index >= 15 is 0 Å². The smallest absolute Gasteiger partial charge is 0.226 e. The van der Waals surface area contributed by atoms with Crippen LogP contribution in [0.5, 0.6) is 11.5 Å². The molecule has 0 N–H and O–H groups in total. The number of nitrogens with zero attached hydrogens (tertiary/aromatic N) is 9. The van der Waals surface area contributed by atoms with E-state index in [9.17, 15) is 4.79 Å². The molecule has 1 saturated carbocycles. The van der Waals surface area contributed by atoms with E-state index in [1.54, 1.807) is 13.2 Å². The van der Waals surface area contributed by atoms with Gasteiger partial charge < -0.3 is 32.5 Å². The monoisotopic (exact) mass is 1830 g/mol. The number of rotatable bonds is 19. The Bertz CT molecular complexity index is 4390. The van der Waals surface area contributed by atoms with Crippen LogP contribution in [0.2, 0.25) is 0 Å². The van der Waals surface area contributed by atoms with E-state index in [0.717, 1.165) is 141 Å². The Morgan fingerprint density at radius 1 is 0.504 bits per heavy atom. The molecule has 3 aromatic carbocycles. The minimum atomic E-state index is -0.0243. The van der Waals surface area contributed by atoms with Gasteiger partial charge in [-0.15, -0.1) is 11.3 Å². The Balaban J connectivity index is 0.000000731. The van der Waals surface area contributed by atoms with Crippen LogP contribution in [-0.2, 0) is 55.2 Å². The van der Waals surface area contributed by atoms with E-state index in [1.807, 2.05) is 66.5 Å². The van der Waals surface area contributed by atoms with Crippen LogP contribution in [0.25, 0.3) is 0 Å². The lowest BCUT2D eigenvalue weighted by Crippen LogP contribution is -2.29. The lowest BCUT2D eigenvalue weighted by molar-refractivity contribution is -0.127. The van der Waals surface area contributed by atoms with E-state index in [4.69, 9.17) is 32.8 Å². The van der Waals surface area contributed by atoms with Crippen molar-refractivity contribution in [2.75, 3.05) is 26.8 Å². The van der Waals surface area contributed by atoms with E-state index in [0.29, 0.717) is 84.9 Å². The summed E-state index contributed by atoms with van der Waals surface area (Å²) in [6, 6.07) is 32.4. The van der Waals surface area contributed by atoms with Crippen molar-refractivity contribution in [1.82, 2.24) is 40.5 Å². The average Bonchev–Trinajstić information content (AvgIpc) is 1.70. The maximum Gasteiger partial charge on any atom is 0.226 e. The Hall–Kier alpha value is -7.71. The van der Waals surface area contributed by atoms with Crippen LogP contribution in [0.4, 0.5) is 0 Å². The molecule has 2 fully saturated rings. The van der Waals surface area contributed by atoms with Gasteiger partial charge in [-0.3, -0.25) is 4.79 Å². The molecule has 1 aliphatic heterocycles. The van der Waals surface area contributed by atoms with Crippen LogP contribution in [0.3, 0.4) is 0 Å². The molecule has 1 amide bonds. The maximum absolute atomic E-state index is 12.0. The summed E-state index contributed by atoms with van der Waals surface area (Å²) >= 11 is 1.85. The Labute approximate surface area is 805 Å². The molecule has 2 aliphatic carbocycles. The first kappa shape index (κ1) is 121. The van der Waals surface area contributed by atoms with Gasteiger partial charge in [-0.25, -0.2) is 0 Å². The number of thiophene rings is 1. The van der Waals surface area contributed by atoms with Gasteiger partial charge in [-0.2, -0.15) is 20.2 Å². The molecule has 11 rings (SSSR count). The molecule has 17 heteroatoms. The molecular formula is C114H191N9O7S. The number of hydrogen-bond donors (Lipinski definition) is 0. The number of methoxy groups -OCH3 is 1. The summed E-state index contributed by atoms with van der Waals surface area (Å²) in [5, 5.41) is 26.8. The van der Waals surface area contributed by atoms with Gasteiger partial charge in [0.1, 0.15) is 23.3 Å². The number of carbonyl (C=O) groups is 1. The van der Waals surface area contributed by atoms with Gasteiger partial charge in [0, 0.05) is 66.5 Å².